The van der Waals surface area contributed by atoms with Crippen molar-refractivity contribution in [1.82, 2.24) is 0 Å². The third kappa shape index (κ3) is 2.82. The molecule has 0 aromatic heterocycles. The summed E-state index contributed by atoms with van der Waals surface area (Å²) in [6, 6.07) is 8.37. The van der Waals surface area contributed by atoms with E-state index in [2.05, 4.69) is 38.4 Å². The van der Waals surface area contributed by atoms with E-state index in [1.54, 1.807) is 0 Å². The van der Waals surface area contributed by atoms with E-state index in [4.69, 9.17) is 9.47 Å². The van der Waals surface area contributed by atoms with E-state index >= 15 is 0 Å². The Hall–Kier alpha value is -0.900. The second-order valence-corrected chi connectivity index (χ2v) is 4.53. The maximum atomic E-state index is 5.87. The zero-order chi connectivity index (χ0) is 11.4. The molecule has 88 valence electrons. The summed E-state index contributed by atoms with van der Waals surface area (Å²) in [5, 5.41) is 0. The van der Waals surface area contributed by atoms with Crippen LogP contribution in [0, 0.1) is 0 Å². The van der Waals surface area contributed by atoms with E-state index in [0.717, 1.165) is 19.8 Å². The molecule has 3 heteroatoms. The number of quaternary nitrogens is 1. The van der Waals surface area contributed by atoms with Crippen LogP contribution in [0.2, 0.25) is 0 Å². The first-order valence-corrected chi connectivity index (χ1v) is 5.83. The normalized spacial score (nSPS) is 19.8. The van der Waals surface area contributed by atoms with E-state index in [9.17, 15) is 0 Å². The number of hydrogen-bond acceptors (Lipinski definition) is 2. The smallest absolute Gasteiger partial charge is 0.106 e. The minimum absolute atomic E-state index is 0.115. The van der Waals surface area contributed by atoms with Gasteiger partial charge in [-0.15, -0.1) is 0 Å². The number of fused-ring (bicyclic) bond motifs is 1. The number of nitrogens with one attached hydrogen (secondary N) is 1. The fourth-order valence-electron chi connectivity index (χ4n) is 1.89. The van der Waals surface area contributed by atoms with E-state index in [-0.39, 0.29) is 6.10 Å². The summed E-state index contributed by atoms with van der Waals surface area (Å²) in [6.07, 6.45) is 0.115. The van der Waals surface area contributed by atoms with Gasteiger partial charge in [-0.05, 0) is 11.1 Å². The molecule has 16 heavy (non-hydrogen) atoms. The van der Waals surface area contributed by atoms with Crippen molar-refractivity contribution in [3.8, 4) is 0 Å². The molecule has 2 rings (SSSR count). The van der Waals surface area contributed by atoms with Crippen molar-refractivity contribution in [3.63, 3.8) is 0 Å². The standard InChI is InChI=1S/C13H19NO2/c1-14(2)7-8-16-13-10-15-9-11-5-3-4-6-12(11)13/h3-6,13H,7-10H2,1-2H3/p+1/t13-/m0/s1. The molecule has 1 aromatic rings. The molecule has 0 saturated heterocycles. The number of ether oxygens (including phenoxy) is 2. The molecule has 1 aliphatic heterocycles. The second kappa shape index (κ2) is 5.43. The van der Waals surface area contributed by atoms with Crippen LogP contribution < -0.4 is 4.90 Å². The third-order valence-electron chi connectivity index (χ3n) is 2.85. The molecule has 0 bridgehead atoms. The average molecular weight is 222 g/mol. The maximum absolute atomic E-state index is 5.87. The van der Waals surface area contributed by atoms with Crippen LogP contribution in [0.1, 0.15) is 17.2 Å². The molecule has 0 amide bonds. The Kier molecular flexibility index (Phi) is 3.93. The highest BCUT2D eigenvalue weighted by atomic mass is 16.5. The molecule has 1 atom stereocenters. The Bertz CT molecular complexity index is 338. The molecule has 3 nitrogen and oxygen atoms in total. The van der Waals surface area contributed by atoms with Gasteiger partial charge in [0.25, 0.3) is 0 Å². The lowest BCUT2D eigenvalue weighted by Crippen LogP contribution is -3.06. The summed E-state index contributed by atoms with van der Waals surface area (Å²) in [7, 11) is 4.27. The summed E-state index contributed by atoms with van der Waals surface area (Å²) in [6.45, 7) is 3.21. The van der Waals surface area contributed by atoms with Crippen molar-refractivity contribution < 1.29 is 14.4 Å². The Morgan fingerprint density at radius 2 is 2.19 bits per heavy atom. The largest absolute Gasteiger partial charge is 0.374 e. The van der Waals surface area contributed by atoms with Crippen molar-refractivity contribution in [2.45, 2.75) is 12.7 Å². The summed E-state index contributed by atoms with van der Waals surface area (Å²) in [5.41, 5.74) is 2.55. The Morgan fingerprint density at radius 1 is 1.38 bits per heavy atom. The molecular weight excluding hydrogens is 202 g/mol. The van der Waals surface area contributed by atoms with Crippen LogP contribution in [0.3, 0.4) is 0 Å². The number of hydrogen-bond donors (Lipinski definition) is 1. The molecule has 0 spiro atoms. The van der Waals surface area contributed by atoms with Crippen molar-refractivity contribution in [1.29, 1.82) is 0 Å². The monoisotopic (exact) mass is 222 g/mol. The average Bonchev–Trinajstić information content (AvgIpc) is 2.29. The first kappa shape index (κ1) is 11.6. The Labute approximate surface area is 97.0 Å². The highest BCUT2D eigenvalue weighted by molar-refractivity contribution is 5.30. The second-order valence-electron chi connectivity index (χ2n) is 4.53. The molecule has 0 unspecified atom stereocenters. The molecule has 0 fully saturated rings. The van der Waals surface area contributed by atoms with Crippen molar-refractivity contribution in [2.24, 2.45) is 0 Å². The highest BCUT2D eigenvalue weighted by Gasteiger charge is 2.20. The predicted octanol–water partition coefficient (Wildman–Crippen LogP) is 0.419. The molecule has 1 aromatic carbocycles. The molecule has 1 heterocycles. The zero-order valence-electron chi connectivity index (χ0n) is 10.0. The summed E-state index contributed by atoms with van der Waals surface area (Å²) in [5.74, 6) is 0. The SMILES string of the molecule is C[NH+](C)CCO[C@H]1COCc2ccccc21. The van der Waals surface area contributed by atoms with Crippen molar-refractivity contribution in [2.75, 3.05) is 33.9 Å². The molecule has 0 saturated carbocycles. The van der Waals surface area contributed by atoms with Gasteiger partial charge in [0.2, 0.25) is 0 Å². The van der Waals surface area contributed by atoms with Gasteiger partial charge < -0.3 is 14.4 Å². The summed E-state index contributed by atoms with van der Waals surface area (Å²) >= 11 is 0. The fraction of sp³-hybridized carbons (Fsp3) is 0.538. The summed E-state index contributed by atoms with van der Waals surface area (Å²) < 4.78 is 11.4. The highest BCUT2D eigenvalue weighted by Crippen LogP contribution is 2.26. The Morgan fingerprint density at radius 3 is 3.00 bits per heavy atom. The van der Waals surface area contributed by atoms with Crippen LogP contribution in [0.4, 0.5) is 0 Å². The number of likely N-dealkylation sites (N-methyl/N-ethyl adjacent to an activating group) is 1. The van der Waals surface area contributed by atoms with Crippen LogP contribution in [0.15, 0.2) is 24.3 Å². The van der Waals surface area contributed by atoms with Gasteiger partial charge in [-0.25, -0.2) is 0 Å². The van der Waals surface area contributed by atoms with Crippen LogP contribution in [0.25, 0.3) is 0 Å². The first-order valence-electron chi connectivity index (χ1n) is 5.83. The van der Waals surface area contributed by atoms with Crippen LogP contribution in [-0.4, -0.2) is 33.9 Å². The van der Waals surface area contributed by atoms with Gasteiger partial charge >= 0.3 is 0 Å². The lowest BCUT2D eigenvalue weighted by Gasteiger charge is -2.25. The van der Waals surface area contributed by atoms with Gasteiger partial charge in [0.05, 0.1) is 33.9 Å². The van der Waals surface area contributed by atoms with Gasteiger partial charge in [0, 0.05) is 0 Å². The van der Waals surface area contributed by atoms with E-state index in [0.29, 0.717) is 6.61 Å². The lowest BCUT2D eigenvalue weighted by atomic mass is 10.0. The molecule has 0 radical (unpaired) electrons. The summed E-state index contributed by atoms with van der Waals surface area (Å²) in [4.78, 5) is 1.41. The predicted molar refractivity (Wildman–Crippen MR) is 62.5 cm³/mol. The Balaban J connectivity index is 1.96. The van der Waals surface area contributed by atoms with Crippen molar-refractivity contribution >= 4 is 0 Å². The van der Waals surface area contributed by atoms with Gasteiger partial charge in [0.15, 0.2) is 0 Å². The topological polar surface area (TPSA) is 22.9 Å². The molecule has 1 aliphatic rings. The van der Waals surface area contributed by atoms with Crippen molar-refractivity contribution in [3.05, 3.63) is 35.4 Å². The molecular formula is C13H20NO2+. The van der Waals surface area contributed by atoms with E-state index in [1.807, 2.05) is 0 Å². The lowest BCUT2D eigenvalue weighted by molar-refractivity contribution is -0.858. The maximum Gasteiger partial charge on any atom is 0.106 e. The van der Waals surface area contributed by atoms with Gasteiger partial charge in [0.1, 0.15) is 12.6 Å². The fourth-order valence-corrected chi connectivity index (χ4v) is 1.89. The molecule has 0 aliphatic carbocycles. The quantitative estimate of drug-likeness (QED) is 0.798. The van der Waals surface area contributed by atoms with Crippen LogP contribution >= 0.6 is 0 Å². The first-order chi connectivity index (χ1) is 7.77. The number of rotatable bonds is 4. The van der Waals surface area contributed by atoms with Crippen LogP contribution in [-0.2, 0) is 16.1 Å². The minimum Gasteiger partial charge on any atom is -0.374 e. The van der Waals surface area contributed by atoms with Gasteiger partial charge in [-0.2, -0.15) is 0 Å². The number of benzene rings is 1. The zero-order valence-corrected chi connectivity index (χ0v) is 10.0. The van der Waals surface area contributed by atoms with Gasteiger partial charge in [-0.3, -0.25) is 0 Å². The van der Waals surface area contributed by atoms with E-state index in [1.165, 1.54) is 16.0 Å². The third-order valence-corrected chi connectivity index (χ3v) is 2.85. The minimum atomic E-state index is 0.115. The van der Waals surface area contributed by atoms with Crippen LogP contribution in [0.5, 0.6) is 0 Å². The van der Waals surface area contributed by atoms with E-state index < -0.39 is 0 Å². The van der Waals surface area contributed by atoms with Gasteiger partial charge in [-0.1, -0.05) is 24.3 Å². The molecule has 1 N–H and O–H groups in total.